The highest BCUT2D eigenvalue weighted by molar-refractivity contribution is 6.34. The van der Waals surface area contributed by atoms with Crippen LogP contribution in [0.15, 0.2) is 18.2 Å². The van der Waals surface area contributed by atoms with Gasteiger partial charge in [0, 0.05) is 32.2 Å². The summed E-state index contributed by atoms with van der Waals surface area (Å²) < 4.78 is 0. The summed E-state index contributed by atoms with van der Waals surface area (Å²) in [5.41, 5.74) is 6.31. The van der Waals surface area contributed by atoms with E-state index in [0.29, 0.717) is 16.3 Å². The van der Waals surface area contributed by atoms with Gasteiger partial charge in [-0.3, -0.25) is 9.59 Å². The molecule has 0 saturated carbocycles. The van der Waals surface area contributed by atoms with Crippen molar-refractivity contribution in [3.05, 3.63) is 28.8 Å². The third kappa shape index (κ3) is 3.94. The number of halogens is 1. The normalized spacial score (nSPS) is 11.8. The van der Waals surface area contributed by atoms with Crippen molar-refractivity contribution in [2.75, 3.05) is 26.0 Å². The number of anilines is 1. The summed E-state index contributed by atoms with van der Waals surface area (Å²) in [4.78, 5) is 25.1. The van der Waals surface area contributed by atoms with Crippen molar-refractivity contribution in [3.63, 3.8) is 0 Å². The van der Waals surface area contributed by atoms with Gasteiger partial charge in [-0.1, -0.05) is 18.5 Å². The van der Waals surface area contributed by atoms with Crippen LogP contribution in [0.2, 0.25) is 5.02 Å². The monoisotopic (exact) mass is 283 g/mol. The molecule has 104 valence electrons. The summed E-state index contributed by atoms with van der Waals surface area (Å²) in [6, 6.07) is 4.79. The molecule has 0 aliphatic heterocycles. The number of benzene rings is 1. The van der Waals surface area contributed by atoms with Gasteiger partial charge in [0.1, 0.15) is 0 Å². The Morgan fingerprint density at radius 1 is 1.42 bits per heavy atom. The van der Waals surface area contributed by atoms with Gasteiger partial charge in [0.25, 0.3) is 5.91 Å². The average molecular weight is 284 g/mol. The highest BCUT2D eigenvalue weighted by Gasteiger charge is 2.15. The molecule has 1 rings (SSSR count). The van der Waals surface area contributed by atoms with Crippen molar-refractivity contribution in [2.45, 2.75) is 6.92 Å². The fourth-order valence-electron chi connectivity index (χ4n) is 1.38. The highest BCUT2D eigenvalue weighted by atomic mass is 35.5. The topological polar surface area (TPSA) is 75.4 Å². The largest absolute Gasteiger partial charge is 0.345 e. The van der Waals surface area contributed by atoms with Gasteiger partial charge in [-0.25, -0.2) is 0 Å². The first kappa shape index (κ1) is 15.5. The number of nitrogens with one attached hydrogen (secondary N) is 1. The lowest BCUT2D eigenvalue weighted by atomic mass is 10.1. The van der Waals surface area contributed by atoms with Crippen LogP contribution in [0.3, 0.4) is 0 Å². The van der Waals surface area contributed by atoms with E-state index in [1.165, 1.54) is 4.90 Å². The SMILES string of the molecule is CC(CN)C(=O)Nc1ccc(Cl)c(C(=O)N(C)C)c1. The molecule has 0 aliphatic carbocycles. The molecule has 19 heavy (non-hydrogen) atoms. The standard InChI is InChI=1S/C13H18ClN3O2/c1-8(7-15)12(18)16-9-4-5-11(14)10(6-9)13(19)17(2)3/h4-6,8H,7,15H2,1-3H3,(H,16,18). The van der Waals surface area contributed by atoms with Crippen molar-refractivity contribution in [1.29, 1.82) is 0 Å². The summed E-state index contributed by atoms with van der Waals surface area (Å²) in [6.07, 6.45) is 0. The molecule has 1 aromatic carbocycles. The van der Waals surface area contributed by atoms with Crippen molar-refractivity contribution >= 4 is 29.1 Å². The van der Waals surface area contributed by atoms with E-state index in [1.807, 2.05) is 0 Å². The maximum Gasteiger partial charge on any atom is 0.254 e. The second-order valence-corrected chi connectivity index (χ2v) is 4.93. The van der Waals surface area contributed by atoms with Crippen LogP contribution in [-0.4, -0.2) is 37.4 Å². The first-order chi connectivity index (χ1) is 8.86. The average Bonchev–Trinajstić information content (AvgIpc) is 2.38. The third-order valence-electron chi connectivity index (χ3n) is 2.67. The Hall–Kier alpha value is -1.59. The summed E-state index contributed by atoms with van der Waals surface area (Å²) in [6.45, 7) is 2.00. The predicted octanol–water partition coefficient (Wildman–Crippen LogP) is 1.58. The Bertz CT molecular complexity index is 489. The first-order valence-corrected chi connectivity index (χ1v) is 6.26. The van der Waals surface area contributed by atoms with Crippen LogP contribution < -0.4 is 11.1 Å². The number of hydrogen-bond acceptors (Lipinski definition) is 3. The molecule has 0 aromatic heterocycles. The van der Waals surface area contributed by atoms with Crippen LogP contribution in [0.5, 0.6) is 0 Å². The van der Waals surface area contributed by atoms with Crippen LogP contribution in [0.1, 0.15) is 17.3 Å². The third-order valence-corrected chi connectivity index (χ3v) is 3.00. The van der Waals surface area contributed by atoms with Crippen LogP contribution in [0.25, 0.3) is 0 Å². The molecule has 0 radical (unpaired) electrons. The number of carbonyl (C=O) groups is 2. The Morgan fingerprint density at radius 2 is 2.05 bits per heavy atom. The van der Waals surface area contributed by atoms with Crippen LogP contribution in [0, 0.1) is 5.92 Å². The van der Waals surface area contributed by atoms with E-state index >= 15 is 0 Å². The molecule has 6 heteroatoms. The van der Waals surface area contributed by atoms with Crippen LogP contribution in [-0.2, 0) is 4.79 Å². The lowest BCUT2D eigenvalue weighted by molar-refractivity contribution is -0.119. The first-order valence-electron chi connectivity index (χ1n) is 5.89. The number of hydrogen-bond donors (Lipinski definition) is 2. The van der Waals surface area contributed by atoms with Gasteiger partial charge in [0.2, 0.25) is 5.91 Å². The van der Waals surface area contributed by atoms with E-state index in [9.17, 15) is 9.59 Å². The number of amides is 2. The molecule has 5 nitrogen and oxygen atoms in total. The number of nitrogens with zero attached hydrogens (tertiary/aromatic N) is 1. The van der Waals surface area contributed by atoms with E-state index in [-0.39, 0.29) is 24.3 Å². The summed E-state index contributed by atoms with van der Waals surface area (Å²) in [7, 11) is 3.28. The van der Waals surface area contributed by atoms with Gasteiger partial charge in [-0.15, -0.1) is 0 Å². The molecule has 0 saturated heterocycles. The summed E-state index contributed by atoms with van der Waals surface area (Å²) in [5, 5.41) is 3.06. The quantitative estimate of drug-likeness (QED) is 0.881. The van der Waals surface area contributed by atoms with Crippen molar-refractivity contribution in [1.82, 2.24) is 4.90 Å². The zero-order valence-corrected chi connectivity index (χ0v) is 12.0. The maximum absolute atomic E-state index is 11.9. The van der Waals surface area contributed by atoms with E-state index in [1.54, 1.807) is 39.2 Å². The molecule has 0 fully saturated rings. The van der Waals surface area contributed by atoms with E-state index in [4.69, 9.17) is 17.3 Å². The summed E-state index contributed by atoms with van der Waals surface area (Å²) >= 11 is 5.98. The minimum Gasteiger partial charge on any atom is -0.345 e. The van der Waals surface area contributed by atoms with Gasteiger partial charge in [0.15, 0.2) is 0 Å². The lowest BCUT2D eigenvalue weighted by Gasteiger charge is -2.14. The number of nitrogens with two attached hydrogens (primary N) is 1. The predicted molar refractivity (Wildman–Crippen MR) is 76.3 cm³/mol. The van der Waals surface area contributed by atoms with Crippen LogP contribution >= 0.6 is 11.6 Å². The van der Waals surface area contributed by atoms with Gasteiger partial charge in [-0.2, -0.15) is 0 Å². The molecule has 0 spiro atoms. The Morgan fingerprint density at radius 3 is 2.58 bits per heavy atom. The Kier molecular flexibility index (Phi) is 5.32. The Labute approximate surface area is 117 Å². The maximum atomic E-state index is 11.9. The van der Waals surface area contributed by atoms with Crippen molar-refractivity contribution < 1.29 is 9.59 Å². The molecule has 1 aromatic rings. The molecule has 0 heterocycles. The molecule has 1 unspecified atom stereocenters. The fraction of sp³-hybridized carbons (Fsp3) is 0.385. The molecule has 0 bridgehead atoms. The molecule has 0 aliphatic rings. The van der Waals surface area contributed by atoms with Gasteiger partial charge in [-0.05, 0) is 18.2 Å². The zero-order valence-electron chi connectivity index (χ0n) is 11.2. The Balaban J connectivity index is 2.97. The fourth-order valence-corrected chi connectivity index (χ4v) is 1.58. The van der Waals surface area contributed by atoms with Gasteiger partial charge < -0.3 is 16.0 Å². The van der Waals surface area contributed by atoms with E-state index in [2.05, 4.69) is 5.32 Å². The second-order valence-electron chi connectivity index (χ2n) is 4.52. The minimum absolute atomic E-state index is 0.187. The summed E-state index contributed by atoms with van der Waals surface area (Å²) in [5.74, 6) is -0.690. The molecular formula is C13H18ClN3O2. The minimum atomic E-state index is -0.288. The molecular weight excluding hydrogens is 266 g/mol. The number of carbonyl (C=O) groups excluding carboxylic acids is 2. The lowest BCUT2D eigenvalue weighted by Crippen LogP contribution is -2.27. The molecule has 2 amide bonds. The second kappa shape index (κ2) is 6.54. The smallest absolute Gasteiger partial charge is 0.254 e. The van der Waals surface area contributed by atoms with Gasteiger partial charge in [0.05, 0.1) is 10.6 Å². The van der Waals surface area contributed by atoms with Crippen LogP contribution in [0.4, 0.5) is 5.69 Å². The zero-order chi connectivity index (χ0) is 14.6. The van der Waals surface area contributed by atoms with Crippen molar-refractivity contribution in [2.24, 2.45) is 11.7 Å². The van der Waals surface area contributed by atoms with E-state index < -0.39 is 0 Å². The molecule has 3 N–H and O–H groups in total. The van der Waals surface area contributed by atoms with Gasteiger partial charge >= 0.3 is 0 Å². The molecule has 1 atom stereocenters. The number of rotatable bonds is 4. The van der Waals surface area contributed by atoms with E-state index in [0.717, 1.165) is 0 Å². The van der Waals surface area contributed by atoms with Crippen molar-refractivity contribution in [3.8, 4) is 0 Å². The highest BCUT2D eigenvalue weighted by Crippen LogP contribution is 2.22.